The first-order valence-electron chi connectivity index (χ1n) is 7.91. The van der Waals surface area contributed by atoms with Crippen molar-refractivity contribution in [2.45, 2.75) is 12.8 Å². The van der Waals surface area contributed by atoms with E-state index in [9.17, 15) is 14.4 Å². The molecule has 2 aromatic rings. The fourth-order valence-corrected chi connectivity index (χ4v) is 3.19. The summed E-state index contributed by atoms with van der Waals surface area (Å²) in [7, 11) is 1.58. The molecule has 0 saturated heterocycles. The Morgan fingerprint density at radius 1 is 1.08 bits per heavy atom. The first kappa shape index (κ1) is 17.3. The molecule has 0 atom stereocenters. The third-order valence-corrected chi connectivity index (χ3v) is 4.85. The van der Waals surface area contributed by atoms with Gasteiger partial charge in [0.2, 0.25) is 0 Å². The first-order valence-corrected chi connectivity index (χ1v) is 8.71. The van der Waals surface area contributed by atoms with E-state index in [2.05, 4.69) is 26.3 Å². The number of halogens is 1. The van der Waals surface area contributed by atoms with Gasteiger partial charge in [0.15, 0.2) is 0 Å². The maximum Gasteiger partial charge on any atom is 0.282 e. The van der Waals surface area contributed by atoms with Gasteiger partial charge in [0.05, 0.1) is 23.0 Å². The van der Waals surface area contributed by atoms with Gasteiger partial charge in [-0.05, 0) is 40.9 Å². The van der Waals surface area contributed by atoms with Gasteiger partial charge < -0.3 is 5.32 Å². The van der Waals surface area contributed by atoms with Crippen LogP contribution in [-0.4, -0.2) is 39.6 Å². The topological polar surface area (TPSA) is 84.3 Å². The van der Waals surface area contributed by atoms with E-state index < -0.39 is 0 Å². The number of benzene rings is 1. The normalized spacial score (nSPS) is 13.3. The van der Waals surface area contributed by atoms with E-state index in [0.717, 1.165) is 6.42 Å². The molecule has 1 N–H and O–H groups in total. The van der Waals surface area contributed by atoms with E-state index in [0.29, 0.717) is 40.8 Å². The monoisotopic (exact) mass is 404 g/mol. The lowest BCUT2D eigenvalue weighted by Crippen LogP contribution is -2.31. The van der Waals surface area contributed by atoms with E-state index in [-0.39, 0.29) is 17.4 Å². The second-order valence-corrected chi connectivity index (χ2v) is 6.54. The van der Waals surface area contributed by atoms with Gasteiger partial charge >= 0.3 is 0 Å². The van der Waals surface area contributed by atoms with Gasteiger partial charge in [-0.25, -0.2) is 4.68 Å². The Hall–Kier alpha value is -2.48. The summed E-state index contributed by atoms with van der Waals surface area (Å²) in [6, 6.07) is 6.87. The number of carbonyl (C=O) groups is 2. The Morgan fingerprint density at radius 3 is 2.36 bits per heavy atom. The lowest BCUT2D eigenvalue weighted by molar-refractivity contribution is 0.0652. The molecule has 1 aliphatic rings. The minimum atomic E-state index is -0.230. The van der Waals surface area contributed by atoms with Crippen LogP contribution in [-0.2, 0) is 7.05 Å². The van der Waals surface area contributed by atoms with Crippen molar-refractivity contribution in [1.29, 1.82) is 0 Å². The van der Waals surface area contributed by atoms with E-state index in [1.54, 1.807) is 37.5 Å². The number of nitrogens with zero attached hydrogens (tertiary/aromatic N) is 3. The van der Waals surface area contributed by atoms with Crippen molar-refractivity contribution in [2.24, 2.45) is 7.05 Å². The van der Waals surface area contributed by atoms with Crippen molar-refractivity contribution in [1.82, 2.24) is 14.7 Å². The van der Waals surface area contributed by atoms with E-state index in [4.69, 9.17) is 0 Å². The highest BCUT2D eigenvalue weighted by Crippen LogP contribution is 2.22. The predicted octanol–water partition coefficient (Wildman–Crippen LogP) is 2.03. The molecule has 0 radical (unpaired) electrons. The molecule has 8 heteroatoms. The van der Waals surface area contributed by atoms with Crippen molar-refractivity contribution in [3.05, 3.63) is 56.4 Å². The van der Waals surface area contributed by atoms with E-state index >= 15 is 0 Å². The molecule has 0 bridgehead atoms. The van der Waals surface area contributed by atoms with Crippen LogP contribution in [0.5, 0.6) is 0 Å². The number of hydrogen-bond donors (Lipinski definition) is 1. The van der Waals surface area contributed by atoms with E-state index in [1.165, 1.54) is 9.58 Å². The molecule has 7 nitrogen and oxygen atoms in total. The van der Waals surface area contributed by atoms with Crippen LogP contribution < -0.4 is 10.9 Å². The van der Waals surface area contributed by atoms with Gasteiger partial charge in [0.1, 0.15) is 4.47 Å². The van der Waals surface area contributed by atoms with Gasteiger partial charge in [-0.1, -0.05) is 12.1 Å². The zero-order valence-corrected chi connectivity index (χ0v) is 15.2. The Morgan fingerprint density at radius 2 is 1.72 bits per heavy atom. The van der Waals surface area contributed by atoms with Crippen LogP contribution in [0.25, 0.3) is 0 Å². The number of aryl methyl sites for hydroxylation is 1. The number of nitrogens with one attached hydrogen (secondary N) is 1. The molecule has 1 aromatic carbocycles. The van der Waals surface area contributed by atoms with Crippen LogP contribution in [0.1, 0.15) is 33.6 Å². The summed E-state index contributed by atoms with van der Waals surface area (Å²) in [5.74, 6) is -0.459. The van der Waals surface area contributed by atoms with Gasteiger partial charge in [-0.2, -0.15) is 5.10 Å². The Kier molecular flexibility index (Phi) is 4.98. The highest BCUT2D eigenvalue weighted by Gasteiger charge is 2.34. The molecule has 0 unspecified atom stereocenters. The first-order chi connectivity index (χ1) is 12.0. The smallest absolute Gasteiger partial charge is 0.282 e. The number of aromatic nitrogens is 2. The maximum absolute atomic E-state index is 12.2. The number of amides is 2. The predicted molar refractivity (Wildman–Crippen MR) is 96.7 cm³/mol. The van der Waals surface area contributed by atoms with Crippen molar-refractivity contribution in [2.75, 3.05) is 18.4 Å². The number of fused-ring (bicyclic) bond motifs is 1. The van der Waals surface area contributed by atoms with E-state index in [1.807, 2.05) is 0 Å². The molecular formula is C17H17BrN4O3. The molecule has 0 saturated carbocycles. The van der Waals surface area contributed by atoms with Gasteiger partial charge in [0, 0.05) is 20.1 Å². The highest BCUT2D eigenvalue weighted by atomic mass is 79.9. The molecule has 0 fully saturated rings. The molecular weight excluding hydrogens is 388 g/mol. The number of carbonyl (C=O) groups excluding carboxylic acids is 2. The number of rotatable bonds is 6. The molecule has 1 aliphatic heterocycles. The quantitative estimate of drug-likeness (QED) is 0.588. The maximum atomic E-state index is 12.2. The molecule has 25 heavy (non-hydrogen) atoms. The van der Waals surface area contributed by atoms with Crippen molar-refractivity contribution < 1.29 is 9.59 Å². The second kappa shape index (κ2) is 7.18. The fourth-order valence-electron chi connectivity index (χ4n) is 2.69. The molecule has 3 rings (SSSR count). The Labute approximate surface area is 152 Å². The average molecular weight is 405 g/mol. The largest absolute Gasteiger partial charge is 0.383 e. The zero-order valence-electron chi connectivity index (χ0n) is 13.7. The Balaban J connectivity index is 1.50. The average Bonchev–Trinajstić information content (AvgIpc) is 2.86. The third-order valence-electron chi connectivity index (χ3n) is 4.08. The van der Waals surface area contributed by atoms with Crippen molar-refractivity contribution in [3.8, 4) is 0 Å². The van der Waals surface area contributed by atoms with Crippen molar-refractivity contribution >= 4 is 33.4 Å². The zero-order chi connectivity index (χ0) is 18.0. The Bertz CT molecular complexity index is 859. The van der Waals surface area contributed by atoms with Crippen LogP contribution in [0.15, 0.2) is 39.7 Å². The molecule has 2 amide bonds. The van der Waals surface area contributed by atoms with Crippen molar-refractivity contribution in [3.63, 3.8) is 0 Å². The minimum Gasteiger partial charge on any atom is -0.383 e. The van der Waals surface area contributed by atoms with Gasteiger partial charge in [-0.15, -0.1) is 0 Å². The number of anilines is 1. The van der Waals surface area contributed by atoms with Crippen LogP contribution in [0.4, 0.5) is 5.69 Å². The summed E-state index contributed by atoms with van der Waals surface area (Å²) in [4.78, 5) is 37.5. The molecule has 1 aromatic heterocycles. The van der Waals surface area contributed by atoms with Crippen LogP contribution in [0.3, 0.4) is 0 Å². The fraction of sp³-hybridized carbons (Fsp3) is 0.294. The van der Waals surface area contributed by atoms with Gasteiger partial charge in [0.25, 0.3) is 17.4 Å². The molecule has 0 aliphatic carbocycles. The lowest BCUT2D eigenvalue weighted by atomic mass is 10.1. The summed E-state index contributed by atoms with van der Waals surface area (Å²) < 4.78 is 1.68. The van der Waals surface area contributed by atoms with Crippen LogP contribution in [0, 0.1) is 0 Å². The summed E-state index contributed by atoms with van der Waals surface area (Å²) in [5.41, 5.74) is 1.36. The minimum absolute atomic E-state index is 0.212. The summed E-state index contributed by atoms with van der Waals surface area (Å²) in [5, 5.41) is 7.09. The summed E-state index contributed by atoms with van der Waals surface area (Å²) in [6.07, 6.45) is 3.00. The third kappa shape index (κ3) is 3.34. The number of unbranched alkanes of at least 4 members (excludes halogenated alkanes) is 1. The van der Waals surface area contributed by atoms with Crippen LogP contribution in [0.2, 0.25) is 0 Å². The summed E-state index contributed by atoms with van der Waals surface area (Å²) in [6.45, 7) is 0.987. The van der Waals surface area contributed by atoms with Gasteiger partial charge in [-0.3, -0.25) is 19.3 Å². The molecule has 2 heterocycles. The van der Waals surface area contributed by atoms with Crippen LogP contribution >= 0.6 is 15.9 Å². The number of hydrogen-bond acceptors (Lipinski definition) is 5. The molecule has 0 spiro atoms. The molecule has 130 valence electrons. The lowest BCUT2D eigenvalue weighted by Gasteiger charge is -2.14. The SMILES string of the molecule is Cn1ncc(NCCCCN2C(=O)c3ccccc3C2=O)c(Br)c1=O. The second-order valence-electron chi connectivity index (χ2n) is 5.74. The summed E-state index contributed by atoms with van der Waals surface area (Å²) >= 11 is 3.25. The standard InChI is InChI=1S/C17H17BrN4O3/c1-21-17(25)14(18)13(10-20-21)19-8-4-5-9-22-15(23)11-6-2-3-7-12(11)16(22)24/h2-3,6-7,10,19H,4-5,8-9H2,1H3. The highest BCUT2D eigenvalue weighted by molar-refractivity contribution is 9.10. The number of imide groups is 1.